The summed E-state index contributed by atoms with van der Waals surface area (Å²) in [7, 11) is 1.42. The first-order chi connectivity index (χ1) is 5.83. The zero-order chi connectivity index (χ0) is 8.81. The summed E-state index contributed by atoms with van der Waals surface area (Å²) in [6.07, 6.45) is 1.71. The molecule has 12 heavy (non-hydrogen) atoms. The van der Waals surface area contributed by atoms with E-state index in [0.717, 1.165) is 6.54 Å². The maximum absolute atomic E-state index is 10.7. The minimum atomic E-state index is -0.131. The van der Waals surface area contributed by atoms with Crippen molar-refractivity contribution in [2.45, 2.75) is 18.9 Å². The van der Waals surface area contributed by atoms with Crippen molar-refractivity contribution in [3.8, 4) is 0 Å². The van der Waals surface area contributed by atoms with Gasteiger partial charge >= 0.3 is 5.97 Å². The van der Waals surface area contributed by atoms with E-state index < -0.39 is 0 Å². The highest BCUT2D eigenvalue weighted by atomic mass is 32.2. The first kappa shape index (κ1) is 9.86. The van der Waals surface area contributed by atoms with Gasteiger partial charge in [0.05, 0.1) is 13.5 Å². The summed E-state index contributed by atoms with van der Waals surface area (Å²) < 4.78 is 4.53. The third-order valence-corrected chi connectivity index (χ3v) is 3.08. The highest BCUT2D eigenvalue weighted by Crippen LogP contribution is 2.16. The number of carbonyl (C=O) groups excluding carboxylic acids is 1. The van der Waals surface area contributed by atoms with Gasteiger partial charge in [-0.15, -0.1) is 0 Å². The third-order valence-electron chi connectivity index (χ3n) is 1.92. The largest absolute Gasteiger partial charge is 0.469 e. The van der Waals surface area contributed by atoms with Crippen molar-refractivity contribution >= 4 is 17.7 Å². The Balaban J connectivity index is 1.97. The molecular weight excluding hydrogens is 174 g/mol. The van der Waals surface area contributed by atoms with E-state index in [9.17, 15) is 4.79 Å². The Labute approximate surface area is 77.2 Å². The second-order valence-corrected chi connectivity index (χ2v) is 3.99. The van der Waals surface area contributed by atoms with Gasteiger partial charge in [0.2, 0.25) is 0 Å². The van der Waals surface area contributed by atoms with Crippen LogP contribution in [0, 0.1) is 0 Å². The van der Waals surface area contributed by atoms with E-state index in [-0.39, 0.29) is 5.97 Å². The summed E-state index contributed by atoms with van der Waals surface area (Å²) in [5, 5.41) is 3.33. The second-order valence-electron chi connectivity index (χ2n) is 2.84. The number of hydrogen-bond donors (Lipinski definition) is 1. The van der Waals surface area contributed by atoms with Crippen molar-refractivity contribution in [1.29, 1.82) is 0 Å². The molecular formula is C8H15NO2S. The van der Waals surface area contributed by atoms with Gasteiger partial charge in [-0.25, -0.2) is 0 Å². The van der Waals surface area contributed by atoms with Crippen LogP contribution >= 0.6 is 11.8 Å². The van der Waals surface area contributed by atoms with Crippen LogP contribution < -0.4 is 5.32 Å². The molecule has 1 atom stereocenters. The number of methoxy groups -OCH3 is 1. The molecule has 1 N–H and O–H groups in total. The van der Waals surface area contributed by atoms with Gasteiger partial charge < -0.3 is 10.1 Å². The fourth-order valence-corrected chi connectivity index (χ4v) is 2.36. The van der Waals surface area contributed by atoms with E-state index in [4.69, 9.17) is 0 Å². The molecule has 3 nitrogen and oxygen atoms in total. The molecule has 4 heteroatoms. The molecule has 0 aromatic carbocycles. The predicted octanol–water partition coefficient (Wildman–Crippen LogP) is 0.645. The van der Waals surface area contributed by atoms with Gasteiger partial charge in [0.25, 0.3) is 0 Å². The third kappa shape index (κ3) is 3.45. The molecule has 0 spiro atoms. The van der Waals surface area contributed by atoms with Crippen molar-refractivity contribution in [2.75, 3.05) is 25.2 Å². The maximum atomic E-state index is 10.7. The first-order valence-electron chi connectivity index (χ1n) is 4.21. The highest BCUT2D eigenvalue weighted by Gasteiger charge is 2.14. The van der Waals surface area contributed by atoms with Crippen molar-refractivity contribution in [1.82, 2.24) is 5.32 Å². The Kier molecular flexibility index (Phi) is 4.46. The molecule has 1 aliphatic rings. The van der Waals surface area contributed by atoms with Gasteiger partial charge in [-0.3, -0.25) is 4.79 Å². The molecule has 0 saturated carbocycles. The Morgan fingerprint density at radius 3 is 3.17 bits per heavy atom. The molecule has 0 aliphatic carbocycles. The van der Waals surface area contributed by atoms with Crippen molar-refractivity contribution in [3.63, 3.8) is 0 Å². The van der Waals surface area contributed by atoms with Crippen molar-refractivity contribution in [3.05, 3.63) is 0 Å². The van der Waals surface area contributed by atoms with Gasteiger partial charge in [0, 0.05) is 18.3 Å². The molecule has 1 saturated heterocycles. The zero-order valence-electron chi connectivity index (χ0n) is 7.34. The van der Waals surface area contributed by atoms with Gasteiger partial charge in [-0.1, -0.05) is 0 Å². The summed E-state index contributed by atoms with van der Waals surface area (Å²) in [6.45, 7) is 0.748. The normalized spacial score (nSPS) is 22.6. The lowest BCUT2D eigenvalue weighted by atomic mass is 10.2. The monoisotopic (exact) mass is 189 g/mol. The predicted molar refractivity (Wildman–Crippen MR) is 50.4 cm³/mol. The summed E-state index contributed by atoms with van der Waals surface area (Å²) in [5.41, 5.74) is 0. The fourth-order valence-electron chi connectivity index (χ4n) is 1.18. The van der Waals surface area contributed by atoms with Crippen LogP contribution in [0.5, 0.6) is 0 Å². The average Bonchev–Trinajstić information content (AvgIpc) is 2.57. The molecule has 0 radical (unpaired) electrons. The second kappa shape index (κ2) is 5.43. The molecule has 0 amide bonds. The Morgan fingerprint density at radius 2 is 2.58 bits per heavy atom. The Morgan fingerprint density at radius 1 is 1.75 bits per heavy atom. The summed E-state index contributed by atoms with van der Waals surface area (Å²) in [4.78, 5) is 10.7. The molecule has 70 valence electrons. The van der Waals surface area contributed by atoms with Crippen molar-refractivity contribution < 1.29 is 9.53 Å². The lowest BCUT2D eigenvalue weighted by molar-refractivity contribution is -0.140. The molecule has 0 aromatic heterocycles. The van der Waals surface area contributed by atoms with Crippen LogP contribution in [-0.4, -0.2) is 37.2 Å². The number of rotatable bonds is 4. The fraction of sp³-hybridized carbons (Fsp3) is 0.875. The van der Waals surface area contributed by atoms with E-state index >= 15 is 0 Å². The number of hydrogen-bond acceptors (Lipinski definition) is 4. The minimum absolute atomic E-state index is 0.131. The van der Waals surface area contributed by atoms with E-state index in [0.29, 0.717) is 12.5 Å². The van der Waals surface area contributed by atoms with Crippen LogP contribution in [-0.2, 0) is 9.53 Å². The summed E-state index contributed by atoms with van der Waals surface area (Å²) >= 11 is 1.97. The minimum Gasteiger partial charge on any atom is -0.469 e. The first-order valence-corrected chi connectivity index (χ1v) is 5.36. The van der Waals surface area contributed by atoms with Crippen LogP contribution in [0.1, 0.15) is 12.8 Å². The lowest BCUT2D eigenvalue weighted by Crippen LogP contribution is -2.30. The van der Waals surface area contributed by atoms with Gasteiger partial charge in [-0.2, -0.15) is 11.8 Å². The lowest BCUT2D eigenvalue weighted by Gasteiger charge is -2.09. The number of esters is 1. The highest BCUT2D eigenvalue weighted by molar-refractivity contribution is 7.99. The van der Waals surface area contributed by atoms with Crippen LogP contribution in [0.25, 0.3) is 0 Å². The smallest absolute Gasteiger partial charge is 0.306 e. The van der Waals surface area contributed by atoms with Crippen LogP contribution in [0.15, 0.2) is 0 Å². The average molecular weight is 189 g/mol. The molecule has 1 rings (SSSR count). The van der Waals surface area contributed by atoms with Crippen LogP contribution in [0.2, 0.25) is 0 Å². The molecule has 1 fully saturated rings. The van der Waals surface area contributed by atoms with Crippen LogP contribution in [0.3, 0.4) is 0 Å². The van der Waals surface area contributed by atoms with E-state index in [1.807, 2.05) is 11.8 Å². The number of nitrogens with one attached hydrogen (secondary N) is 1. The molecule has 0 bridgehead atoms. The Bertz CT molecular complexity index is 146. The molecule has 1 unspecified atom stereocenters. The van der Waals surface area contributed by atoms with E-state index in [1.165, 1.54) is 25.0 Å². The standard InChI is InChI=1S/C8H15NO2S/c1-11-8(10)2-4-9-7-3-5-12-6-7/h7,9H,2-6H2,1H3. The quantitative estimate of drug-likeness (QED) is 0.659. The molecule has 1 aliphatic heterocycles. The molecule has 1 heterocycles. The summed E-state index contributed by atoms with van der Waals surface area (Å²) in [6, 6.07) is 0.611. The Hall–Kier alpha value is -0.220. The SMILES string of the molecule is COC(=O)CCNC1CCSC1. The zero-order valence-corrected chi connectivity index (χ0v) is 8.15. The number of ether oxygens (including phenoxy) is 1. The van der Waals surface area contributed by atoms with Gasteiger partial charge in [0.15, 0.2) is 0 Å². The number of thioether (sulfide) groups is 1. The summed E-state index contributed by atoms with van der Waals surface area (Å²) in [5.74, 6) is 2.30. The topological polar surface area (TPSA) is 38.3 Å². The van der Waals surface area contributed by atoms with Gasteiger partial charge in [-0.05, 0) is 12.2 Å². The van der Waals surface area contributed by atoms with Crippen LogP contribution in [0.4, 0.5) is 0 Å². The van der Waals surface area contributed by atoms with E-state index in [2.05, 4.69) is 10.1 Å². The molecule has 0 aromatic rings. The van der Waals surface area contributed by atoms with Gasteiger partial charge in [0.1, 0.15) is 0 Å². The van der Waals surface area contributed by atoms with Crippen molar-refractivity contribution in [2.24, 2.45) is 0 Å². The number of carbonyl (C=O) groups is 1. The van der Waals surface area contributed by atoms with E-state index in [1.54, 1.807) is 0 Å². The maximum Gasteiger partial charge on any atom is 0.306 e.